The Kier molecular flexibility index (Phi) is 5.01. The fraction of sp³-hybridized carbons (Fsp3) is 0.455. The normalized spacial score (nSPS) is 13.6. The van der Waals surface area contributed by atoms with Gasteiger partial charge in [0, 0.05) is 11.8 Å². The Balaban J connectivity index is 2.99. The summed E-state index contributed by atoms with van der Waals surface area (Å²) in [4.78, 5) is -0.00722. The summed E-state index contributed by atoms with van der Waals surface area (Å²) in [6.07, 6.45) is 1.90. The van der Waals surface area contributed by atoms with Gasteiger partial charge in [-0.25, -0.2) is 17.5 Å². The van der Waals surface area contributed by atoms with Gasteiger partial charge in [0.25, 0.3) is 0 Å². The molecule has 0 aliphatic carbocycles. The maximum absolute atomic E-state index is 13.3. The highest BCUT2D eigenvalue weighted by Crippen LogP contribution is 2.20. The molecule has 0 amide bonds. The Morgan fingerprint density at radius 2 is 2.11 bits per heavy atom. The van der Waals surface area contributed by atoms with Gasteiger partial charge in [-0.1, -0.05) is 6.92 Å². The molecule has 0 aromatic heterocycles. The van der Waals surface area contributed by atoms with Crippen LogP contribution in [0.2, 0.25) is 0 Å². The minimum absolute atomic E-state index is 0.00722. The lowest BCUT2D eigenvalue weighted by Gasteiger charge is -2.12. The lowest BCUT2D eigenvalue weighted by atomic mass is 10.2. The highest BCUT2D eigenvalue weighted by molar-refractivity contribution is 7.99. The van der Waals surface area contributed by atoms with Crippen molar-refractivity contribution >= 4 is 27.5 Å². The second-order valence-corrected chi connectivity index (χ2v) is 7.08. The van der Waals surface area contributed by atoms with Crippen molar-refractivity contribution in [3.05, 3.63) is 23.5 Å². The van der Waals surface area contributed by atoms with E-state index < -0.39 is 15.8 Å². The Morgan fingerprint density at radius 3 is 2.61 bits per heavy atom. The Morgan fingerprint density at radius 1 is 1.50 bits per heavy atom. The number of hydrogen-bond donors (Lipinski definition) is 2. The summed E-state index contributed by atoms with van der Waals surface area (Å²) in [7, 11) is -3.64. The third-order valence-corrected chi connectivity index (χ3v) is 4.90. The largest absolute Gasteiger partial charge is 0.396 e. The van der Waals surface area contributed by atoms with Crippen molar-refractivity contribution in [2.75, 3.05) is 18.5 Å². The molecule has 7 heteroatoms. The first kappa shape index (κ1) is 15.3. The summed E-state index contributed by atoms with van der Waals surface area (Å²) in [6.45, 7) is 3.71. The van der Waals surface area contributed by atoms with E-state index in [0.717, 1.165) is 6.07 Å². The number of nitrogens with two attached hydrogens (primary N) is 1. The highest BCUT2D eigenvalue weighted by atomic mass is 32.2. The highest BCUT2D eigenvalue weighted by Gasteiger charge is 2.17. The zero-order valence-electron chi connectivity index (χ0n) is 10.5. The molecule has 1 atom stereocenters. The van der Waals surface area contributed by atoms with Gasteiger partial charge in [0.05, 0.1) is 10.6 Å². The van der Waals surface area contributed by atoms with E-state index in [9.17, 15) is 12.8 Å². The lowest BCUT2D eigenvalue weighted by molar-refractivity contribution is 0.580. The number of rotatable bonds is 5. The molecule has 0 fully saturated rings. The zero-order chi connectivity index (χ0) is 13.9. The maximum Gasteiger partial charge on any atom is 0.240 e. The number of aryl methyl sites for hydroxylation is 1. The average molecular weight is 292 g/mol. The van der Waals surface area contributed by atoms with Gasteiger partial charge >= 0.3 is 0 Å². The molecule has 0 saturated heterocycles. The molecule has 1 aromatic carbocycles. The van der Waals surface area contributed by atoms with E-state index in [1.54, 1.807) is 11.8 Å². The fourth-order valence-corrected chi connectivity index (χ4v) is 2.92. The summed E-state index contributed by atoms with van der Waals surface area (Å²) in [6, 6.07) is 2.41. The number of anilines is 1. The number of hydrogen-bond acceptors (Lipinski definition) is 4. The van der Waals surface area contributed by atoms with Gasteiger partial charge < -0.3 is 5.73 Å². The van der Waals surface area contributed by atoms with Crippen molar-refractivity contribution in [1.29, 1.82) is 0 Å². The molecule has 0 radical (unpaired) electrons. The van der Waals surface area contributed by atoms with Crippen LogP contribution in [0.15, 0.2) is 17.0 Å². The lowest BCUT2D eigenvalue weighted by Crippen LogP contribution is -2.29. The van der Waals surface area contributed by atoms with Crippen LogP contribution in [0, 0.1) is 12.7 Å². The van der Waals surface area contributed by atoms with Crippen molar-refractivity contribution in [3.63, 3.8) is 0 Å². The van der Waals surface area contributed by atoms with E-state index in [0.29, 0.717) is 6.54 Å². The molecule has 102 valence electrons. The standard InChI is InChI=1S/C11H17FN2O2S2/c1-7-4-9(5-10(13)11(7)12)18(15,16)14-6-8(2)17-3/h4-5,8,14H,6,13H2,1-3H3. The first-order chi connectivity index (χ1) is 8.27. The van der Waals surface area contributed by atoms with E-state index in [4.69, 9.17) is 5.73 Å². The molecule has 4 nitrogen and oxygen atoms in total. The van der Waals surface area contributed by atoms with Crippen LogP contribution in [-0.4, -0.2) is 26.5 Å². The van der Waals surface area contributed by atoms with Crippen molar-refractivity contribution in [1.82, 2.24) is 4.72 Å². The predicted octanol–water partition coefficient (Wildman–Crippen LogP) is 1.75. The summed E-state index contributed by atoms with van der Waals surface area (Å²) in [5, 5.41) is 0.165. The molecule has 1 unspecified atom stereocenters. The molecule has 0 aliphatic rings. The van der Waals surface area contributed by atoms with Crippen LogP contribution < -0.4 is 10.5 Å². The van der Waals surface area contributed by atoms with Gasteiger partial charge in [-0.2, -0.15) is 11.8 Å². The van der Waals surface area contributed by atoms with E-state index in [1.165, 1.54) is 13.0 Å². The van der Waals surface area contributed by atoms with E-state index in [-0.39, 0.29) is 21.4 Å². The van der Waals surface area contributed by atoms with Crippen molar-refractivity contribution in [2.24, 2.45) is 0 Å². The van der Waals surface area contributed by atoms with E-state index in [1.807, 2.05) is 13.2 Å². The molecule has 0 saturated carbocycles. The van der Waals surface area contributed by atoms with Crippen LogP contribution in [0.25, 0.3) is 0 Å². The van der Waals surface area contributed by atoms with Gasteiger partial charge in [-0.05, 0) is 30.9 Å². The fourth-order valence-electron chi connectivity index (χ4n) is 1.31. The minimum atomic E-state index is -3.64. The van der Waals surface area contributed by atoms with Crippen LogP contribution in [0.5, 0.6) is 0 Å². The number of sulfonamides is 1. The van der Waals surface area contributed by atoms with Crippen LogP contribution in [-0.2, 0) is 10.0 Å². The third kappa shape index (κ3) is 3.60. The summed E-state index contributed by atoms with van der Waals surface area (Å²) in [5.41, 5.74) is 5.49. The van der Waals surface area contributed by atoms with Crippen LogP contribution in [0.1, 0.15) is 12.5 Å². The van der Waals surface area contributed by atoms with Gasteiger partial charge in [-0.3, -0.25) is 0 Å². The number of benzene rings is 1. The van der Waals surface area contributed by atoms with Crippen molar-refractivity contribution in [2.45, 2.75) is 24.0 Å². The number of nitrogen functional groups attached to an aromatic ring is 1. The molecule has 0 bridgehead atoms. The second kappa shape index (κ2) is 5.90. The van der Waals surface area contributed by atoms with Crippen molar-refractivity contribution < 1.29 is 12.8 Å². The number of thioether (sulfide) groups is 1. The molecule has 0 heterocycles. The van der Waals surface area contributed by atoms with Gasteiger partial charge in [-0.15, -0.1) is 0 Å². The van der Waals surface area contributed by atoms with Crippen LogP contribution >= 0.6 is 11.8 Å². The van der Waals surface area contributed by atoms with Crippen LogP contribution in [0.4, 0.5) is 10.1 Å². The Labute approximate surface area is 111 Å². The first-order valence-electron chi connectivity index (χ1n) is 5.36. The molecule has 0 aliphatic heterocycles. The molecular formula is C11H17FN2O2S2. The molecule has 1 rings (SSSR count). The molecular weight excluding hydrogens is 275 g/mol. The number of nitrogens with one attached hydrogen (secondary N) is 1. The predicted molar refractivity (Wildman–Crippen MR) is 73.7 cm³/mol. The topological polar surface area (TPSA) is 72.2 Å². The zero-order valence-corrected chi connectivity index (χ0v) is 12.2. The first-order valence-corrected chi connectivity index (χ1v) is 8.13. The van der Waals surface area contributed by atoms with Crippen molar-refractivity contribution in [3.8, 4) is 0 Å². The Bertz CT molecular complexity index is 509. The Hall–Kier alpha value is -0.790. The summed E-state index contributed by atoms with van der Waals surface area (Å²) < 4.78 is 39.7. The molecule has 3 N–H and O–H groups in total. The SMILES string of the molecule is CSC(C)CNS(=O)(=O)c1cc(C)c(F)c(N)c1. The molecule has 18 heavy (non-hydrogen) atoms. The van der Waals surface area contributed by atoms with Gasteiger partial charge in [0.1, 0.15) is 5.82 Å². The van der Waals surface area contributed by atoms with Gasteiger partial charge in [0.2, 0.25) is 10.0 Å². The molecule has 0 spiro atoms. The quantitative estimate of drug-likeness (QED) is 0.811. The van der Waals surface area contributed by atoms with Gasteiger partial charge in [0.15, 0.2) is 0 Å². The summed E-state index contributed by atoms with van der Waals surface area (Å²) >= 11 is 1.56. The van der Waals surface area contributed by atoms with E-state index in [2.05, 4.69) is 4.72 Å². The average Bonchev–Trinajstić information content (AvgIpc) is 2.32. The minimum Gasteiger partial charge on any atom is -0.396 e. The summed E-state index contributed by atoms with van der Waals surface area (Å²) in [5.74, 6) is -0.577. The monoisotopic (exact) mass is 292 g/mol. The second-order valence-electron chi connectivity index (χ2n) is 4.04. The molecule has 1 aromatic rings. The maximum atomic E-state index is 13.3. The van der Waals surface area contributed by atoms with Crippen LogP contribution in [0.3, 0.4) is 0 Å². The van der Waals surface area contributed by atoms with E-state index >= 15 is 0 Å². The third-order valence-electron chi connectivity index (χ3n) is 2.53. The smallest absolute Gasteiger partial charge is 0.240 e. The number of halogens is 1.